The second-order valence-corrected chi connectivity index (χ2v) is 6.63. The van der Waals surface area contributed by atoms with Crippen molar-refractivity contribution in [1.29, 1.82) is 0 Å². The first-order valence-electron chi connectivity index (χ1n) is 8.93. The Bertz CT molecular complexity index is 1060. The number of fused-ring (bicyclic) bond motifs is 1. The Labute approximate surface area is 162 Å². The van der Waals surface area contributed by atoms with Crippen LogP contribution in [0.5, 0.6) is 0 Å². The van der Waals surface area contributed by atoms with Gasteiger partial charge >= 0.3 is 11.9 Å². The molecule has 4 rings (SSSR count). The Balaban J connectivity index is 1.69. The molecule has 0 bridgehead atoms. The number of hydrogen-bond acceptors (Lipinski definition) is 5. The van der Waals surface area contributed by atoms with Gasteiger partial charge in [0.25, 0.3) is 5.89 Å². The molecule has 0 saturated heterocycles. The number of nitrogens with zero attached hydrogens (tertiary/aromatic N) is 4. The van der Waals surface area contributed by atoms with Crippen LogP contribution in [-0.4, -0.2) is 43.8 Å². The summed E-state index contributed by atoms with van der Waals surface area (Å²) < 4.78 is 6.88. The molecule has 0 N–H and O–H groups in total. The highest BCUT2D eigenvalue weighted by atomic mass is 16.5. The minimum absolute atomic E-state index is 0.0859. The quantitative estimate of drug-likeness (QED) is 0.593. The molecule has 0 radical (unpaired) electrons. The number of rotatable bonds is 5. The summed E-state index contributed by atoms with van der Waals surface area (Å²) in [4.78, 5) is 31.2. The van der Waals surface area contributed by atoms with Crippen molar-refractivity contribution in [3.63, 3.8) is 0 Å². The van der Waals surface area contributed by atoms with Crippen LogP contribution in [0.25, 0.3) is 11.4 Å². The average molecular weight is 375 g/mol. The molecular weight excluding hydrogens is 356 g/mol. The van der Waals surface area contributed by atoms with Crippen molar-refractivity contribution in [3.05, 3.63) is 72.7 Å². The predicted molar refractivity (Wildman–Crippen MR) is 103 cm³/mol. The van der Waals surface area contributed by atoms with Crippen LogP contribution < -0.4 is 0 Å². The molecule has 2 heterocycles. The third-order valence-electron chi connectivity index (χ3n) is 4.66. The number of urea groups is 1. The Hall–Kier alpha value is -3.61. The molecule has 7 nitrogen and oxygen atoms in total. The predicted octanol–water partition coefficient (Wildman–Crippen LogP) is 2.89. The van der Waals surface area contributed by atoms with E-state index in [1.165, 1.54) is 15.6 Å². The van der Waals surface area contributed by atoms with Gasteiger partial charge in [-0.15, -0.1) is 0 Å². The van der Waals surface area contributed by atoms with E-state index in [2.05, 4.69) is 16.7 Å². The van der Waals surface area contributed by atoms with E-state index >= 15 is 0 Å². The second-order valence-electron chi connectivity index (χ2n) is 6.63. The van der Waals surface area contributed by atoms with E-state index in [9.17, 15) is 9.59 Å². The summed E-state index contributed by atoms with van der Waals surface area (Å²) >= 11 is 0. The Morgan fingerprint density at radius 3 is 2.96 bits per heavy atom. The zero-order chi connectivity index (χ0) is 19.7. The van der Waals surface area contributed by atoms with Gasteiger partial charge in [0.1, 0.15) is 18.2 Å². The fourth-order valence-electron chi connectivity index (χ4n) is 3.33. The molecule has 1 unspecified atom stereocenters. The van der Waals surface area contributed by atoms with Gasteiger partial charge in [-0.05, 0) is 19.1 Å². The molecule has 2 aromatic rings. The lowest BCUT2D eigenvalue weighted by Gasteiger charge is -2.25. The number of aryl methyl sites for hydroxylation is 1. The molecule has 1 aliphatic carbocycles. The number of aromatic nitrogens is 2. The smallest absolute Gasteiger partial charge is 0.335 e. The largest absolute Gasteiger partial charge is 0.501 e. The van der Waals surface area contributed by atoms with Gasteiger partial charge in [0.2, 0.25) is 5.82 Å². The summed E-state index contributed by atoms with van der Waals surface area (Å²) in [6.07, 6.45) is 8.68. The van der Waals surface area contributed by atoms with Crippen molar-refractivity contribution in [3.8, 4) is 11.4 Å². The summed E-state index contributed by atoms with van der Waals surface area (Å²) in [5.41, 5.74) is 2.54. The van der Waals surface area contributed by atoms with Crippen molar-refractivity contribution in [1.82, 2.24) is 15.0 Å². The lowest BCUT2D eigenvalue weighted by Crippen LogP contribution is -2.54. The number of carbonyl (C=O) groups excluding carboxylic acids is 2. The van der Waals surface area contributed by atoms with Crippen LogP contribution in [0.3, 0.4) is 0 Å². The molecule has 1 atom stereocenters. The SMILES string of the molecule is C=CCN1C(=O)C2C=CC=CC2=[N+](Cc2nc(-c3cccc(C)c3)no2)C1=O. The van der Waals surface area contributed by atoms with E-state index in [4.69, 9.17) is 4.52 Å². The lowest BCUT2D eigenvalue weighted by molar-refractivity contribution is -0.459. The first kappa shape index (κ1) is 17.8. The second kappa shape index (κ2) is 7.19. The van der Waals surface area contributed by atoms with Gasteiger partial charge in [-0.1, -0.05) is 59.8 Å². The molecular formula is C21H19N4O3+. The van der Waals surface area contributed by atoms with Gasteiger partial charge in [0, 0.05) is 5.56 Å². The zero-order valence-electron chi connectivity index (χ0n) is 15.4. The highest BCUT2D eigenvalue weighted by molar-refractivity contribution is 6.16. The minimum atomic E-state index is -0.512. The number of amides is 3. The fourth-order valence-corrected chi connectivity index (χ4v) is 3.33. The maximum atomic E-state index is 12.9. The van der Waals surface area contributed by atoms with Crippen molar-refractivity contribution in [2.45, 2.75) is 13.5 Å². The lowest BCUT2D eigenvalue weighted by atomic mass is 9.94. The molecule has 3 amide bonds. The summed E-state index contributed by atoms with van der Waals surface area (Å²) in [6.45, 7) is 5.86. The third kappa shape index (κ3) is 3.11. The zero-order valence-corrected chi connectivity index (χ0v) is 15.4. The highest BCUT2D eigenvalue weighted by Crippen LogP contribution is 2.22. The van der Waals surface area contributed by atoms with Crippen molar-refractivity contribution >= 4 is 17.6 Å². The van der Waals surface area contributed by atoms with Crippen LogP contribution in [0, 0.1) is 12.8 Å². The molecule has 7 heteroatoms. The van der Waals surface area contributed by atoms with E-state index in [1.807, 2.05) is 31.2 Å². The van der Waals surface area contributed by atoms with Crippen LogP contribution in [0.4, 0.5) is 4.79 Å². The molecule has 2 aliphatic rings. The summed E-state index contributed by atoms with van der Waals surface area (Å²) in [6, 6.07) is 7.35. The van der Waals surface area contributed by atoms with Gasteiger partial charge in [-0.2, -0.15) is 19.3 Å². The van der Waals surface area contributed by atoms with E-state index in [0.29, 0.717) is 17.4 Å². The monoisotopic (exact) mass is 375 g/mol. The number of allylic oxidation sites excluding steroid dienone is 3. The van der Waals surface area contributed by atoms with E-state index in [0.717, 1.165) is 11.1 Å². The standard InChI is InChI=1S/C21H19N4O3/c1-3-11-24-20(26)16-9-4-5-10-17(16)25(21(24)27)13-18-22-19(23-28-18)15-8-6-7-14(2)12-15/h3-10,12,16H,1,11,13H2,2H3/q+1. The Kier molecular flexibility index (Phi) is 4.57. The van der Waals surface area contributed by atoms with E-state index < -0.39 is 11.9 Å². The van der Waals surface area contributed by atoms with Gasteiger partial charge < -0.3 is 4.52 Å². The topological polar surface area (TPSA) is 79.3 Å². The first-order valence-corrected chi connectivity index (χ1v) is 8.93. The molecule has 1 aliphatic heterocycles. The molecule has 28 heavy (non-hydrogen) atoms. The van der Waals surface area contributed by atoms with Crippen molar-refractivity contribution in [2.75, 3.05) is 6.54 Å². The van der Waals surface area contributed by atoms with E-state index in [1.54, 1.807) is 24.3 Å². The van der Waals surface area contributed by atoms with Crippen LogP contribution in [0.2, 0.25) is 0 Å². The fraction of sp³-hybridized carbons (Fsp3) is 0.190. The number of benzene rings is 1. The molecule has 140 valence electrons. The molecule has 0 saturated carbocycles. The number of hydrogen-bond donors (Lipinski definition) is 0. The van der Waals surface area contributed by atoms with Crippen LogP contribution in [0.15, 0.2) is 65.7 Å². The van der Waals surface area contributed by atoms with Crippen molar-refractivity contribution < 1.29 is 18.7 Å². The highest BCUT2D eigenvalue weighted by Gasteiger charge is 2.46. The molecule has 0 spiro atoms. The van der Waals surface area contributed by atoms with Gasteiger partial charge in [0.15, 0.2) is 6.54 Å². The molecule has 1 aromatic carbocycles. The molecule has 1 aromatic heterocycles. The summed E-state index contributed by atoms with van der Waals surface area (Å²) in [5, 5.41) is 4.03. The summed E-state index contributed by atoms with van der Waals surface area (Å²) in [5.74, 6) is -0.0145. The minimum Gasteiger partial charge on any atom is -0.335 e. The van der Waals surface area contributed by atoms with Gasteiger partial charge in [-0.3, -0.25) is 0 Å². The van der Waals surface area contributed by atoms with Crippen LogP contribution in [0.1, 0.15) is 11.5 Å². The normalized spacial score (nSPS) is 18.6. The van der Waals surface area contributed by atoms with Crippen LogP contribution in [-0.2, 0) is 11.3 Å². The summed E-state index contributed by atoms with van der Waals surface area (Å²) in [7, 11) is 0. The average Bonchev–Trinajstić information content (AvgIpc) is 3.17. The Morgan fingerprint density at radius 1 is 1.32 bits per heavy atom. The molecule has 0 fully saturated rings. The Morgan fingerprint density at radius 2 is 2.18 bits per heavy atom. The van der Waals surface area contributed by atoms with Crippen molar-refractivity contribution in [2.24, 2.45) is 5.92 Å². The maximum absolute atomic E-state index is 12.9. The van der Waals surface area contributed by atoms with E-state index in [-0.39, 0.29) is 19.0 Å². The van der Waals surface area contributed by atoms with Gasteiger partial charge in [-0.25, -0.2) is 4.79 Å². The number of imide groups is 1. The first-order chi connectivity index (χ1) is 13.6. The van der Waals surface area contributed by atoms with Crippen LogP contribution >= 0.6 is 0 Å². The van der Waals surface area contributed by atoms with Gasteiger partial charge in [0.05, 0.1) is 0 Å². The maximum Gasteiger partial charge on any atom is 0.501 e. The third-order valence-corrected chi connectivity index (χ3v) is 4.66. The number of carbonyl (C=O) groups is 2.